The fourth-order valence-electron chi connectivity index (χ4n) is 7.21. The molecule has 0 unspecified atom stereocenters. The summed E-state index contributed by atoms with van der Waals surface area (Å²) in [7, 11) is 0. The molecule has 0 aromatic rings. The van der Waals surface area contributed by atoms with Gasteiger partial charge >= 0.3 is 0 Å². The quantitative estimate of drug-likeness (QED) is 0.714. The largest absolute Gasteiger partial charge is 0.393 e. The molecule has 0 aromatic heterocycles. The average Bonchev–Trinajstić information content (AvgIpc) is 2.76. The average molecular weight is 292 g/mol. The van der Waals surface area contributed by atoms with Crippen LogP contribution >= 0.6 is 0 Å². The van der Waals surface area contributed by atoms with Crippen LogP contribution in [0.15, 0.2) is 0 Å². The number of rotatable bonds is 0. The first-order chi connectivity index (χ1) is 9.95. The fraction of sp³-hybridized carbons (Fsp3) is 1.00. The summed E-state index contributed by atoms with van der Waals surface area (Å²) in [4.78, 5) is 0. The van der Waals surface area contributed by atoms with E-state index >= 15 is 0 Å². The van der Waals surface area contributed by atoms with Crippen LogP contribution in [0.3, 0.4) is 0 Å². The van der Waals surface area contributed by atoms with Gasteiger partial charge in [0, 0.05) is 0 Å². The lowest BCUT2D eigenvalue weighted by Gasteiger charge is -2.60. The number of aliphatic hydroxyl groups excluding tert-OH is 2. The van der Waals surface area contributed by atoms with Gasteiger partial charge in [0.25, 0.3) is 0 Å². The van der Waals surface area contributed by atoms with Crippen LogP contribution in [0, 0.1) is 34.5 Å². The maximum absolute atomic E-state index is 10.5. The summed E-state index contributed by atoms with van der Waals surface area (Å²) < 4.78 is 0. The Morgan fingerprint density at radius 2 is 1.48 bits per heavy atom. The zero-order chi connectivity index (χ0) is 14.8. The molecule has 0 bridgehead atoms. The summed E-state index contributed by atoms with van der Waals surface area (Å²) in [5, 5.41) is 20.5. The van der Waals surface area contributed by atoms with Gasteiger partial charge in [0.1, 0.15) is 0 Å². The fourth-order valence-corrected chi connectivity index (χ4v) is 7.21. The Labute approximate surface area is 129 Å². The molecule has 0 amide bonds. The topological polar surface area (TPSA) is 40.5 Å². The van der Waals surface area contributed by atoms with E-state index in [2.05, 4.69) is 13.8 Å². The van der Waals surface area contributed by atoms with Crippen LogP contribution in [0.4, 0.5) is 0 Å². The third-order valence-electron chi connectivity index (χ3n) is 8.59. The molecule has 0 aromatic carbocycles. The summed E-state index contributed by atoms with van der Waals surface area (Å²) >= 11 is 0. The van der Waals surface area contributed by atoms with Crippen molar-refractivity contribution in [1.29, 1.82) is 0 Å². The first kappa shape index (κ1) is 14.5. The molecule has 0 saturated heterocycles. The lowest BCUT2D eigenvalue weighted by molar-refractivity contribution is -0.133. The number of fused-ring (bicyclic) bond motifs is 5. The van der Waals surface area contributed by atoms with Crippen LogP contribution in [-0.4, -0.2) is 22.4 Å². The van der Waals surface area contributed by atoms with Crippen LogP contribution in [-0.2, 0) is 0 Å². The maximum atomic E-state index is 10.5. The highest BCUT2D eigenvalue weighted by molar-refractivity contribution is 5.09. The van der Waals surface area contributed by atoms with Crippen molar-refractivity contribution in [3.8, 4) is 0 Å². The summed E-state index contributed by atoms with van der Waals surface area (Å²) in [5.74, 6) is 3.21. The normalized spacial score (nSPS) is 60.0. The van der Waals surface area contributed by atoms with Crippen LogP contribution in [0.1, 0.15) is 71.6 Å². The number of aliphatic hydroxyl groups is 2. The number of hydrogen-bond donors (Lipinski definition) is 2. The van der Waals surface area contributed by atoms with Crippen LogP contribution in [0.25, 0.3) is 0 Å². The predicted octanol–water partition coefficient (Wildman–Crippen LogP) is 3.75. The molecule has 120 valence electrons. The van der Waals surface area contributed by atoms with Crippen LogP contribution in [0.5, 0.6) is 0 Å². The molecule has 2 nitrogen and oxygen atoms in total. The Hall–Kier alpha value is -0.0800. The predicted molar refractivity (Wildman–Crippen MR) is 83.7 cm³/mol. The Morgan fingerprint density at radius 1 is 0.762 bits per heavy atom. The van der Waals surface area contributed by atoms with Gasteiger partial charge in [0.15, 0.2) is 0 Å². The van der Waals surface area contributed by atoms with Crippen molar-refractivity contribution in [1.82, 2.24) is 0 Å². The Bertz CT molecular complexity index is 422. The van der Waals surface area contributed by atoms with E-state index in [1.807, 2.05) is 0 Å². The van der Waals surface area contributed by atoms with Gasteiger partial charge < -0.3 is 10.2 Å². The van der Waals surface area contributed by atoms with Gasteiger partial charge in [-0.25, -0.2) is 0 Å². The van der Waals surface area contributed by atoms with Crippen molar-refractivity contribution in [3.05, 3.63) is 0 Å². The van der Waals surface area contributed by atoms with Gasteiger partial charge in [0.05, 0.1) is 12.2 Å². The van der Waals surface area contributed by atoms with Gasteiger partial charge in [-0.05, 0) is 92.3 Å². The summed E-state index contributed by atoms with van der Waals surface area (Å²) in [6.07, 6.45) is 10.7. The second-order valence-electron chi connectivity index (χ2n) is 9.22. The zero-order valence-electron chi connectivity index (χ0n) is 13.7. The monoisotopic (exact) mass is 292 g/mol. The molecular weight excluding hydrogens is 260 g/mol. The minimum Gasteiger partial charge on any atom is -0.393 e. The first-order valence-electron chi connectivity index (χ1n) is 9.31. The highest BCUT2D eigenvalue weighted by atomic mass is 16.3. The van der Waals surface area contributed by atoms with Gasteiger partial charge in [-0.2, -0.15) is 0 Å². The van der Waals surface area contributed by atoms with Gasteiger partial charge in [-0.1, -0.05) is 13.8 Å². The van der Waals surface area contributed by atoms with Crippen molar-refractivity contribution in [3.63, 3.8) is 0 Å². The van der Waals surface area contributed by atoms with E-state index < -0.39 is 0 Å². The second kappa shape index (κ2) is 4.71. The molecule has 0 aliphatic heterocycles. The van der Waals surface area contributed by atoms with E-state index in [0.717, 1.165) is 42.9 Å². The van der Waals surface area contributed by atoms with Crippen molar-refractivity contribution < 1.29 is 10.2 Å². The van der Waals surface area contributed by atoms with E-state index in [-0.39, 0.29) is 17.6 Å². The van der Waals surface area contributed by atoms with Crippen LogP contribution < -0.4 is 0 Å². The molecule has 0 heterocycles. The minimum atomic E-state index is -0.0536. The summed E-state index contributed by atoms with van der Waals surface area (Å²) in [5.41, 5.74) is 0.676. The van der Waals surface area contributed by atoms with E-state index in [4.69, 9.17) is 0 Å². The molecule has 21 heavy (non-hydrogen) atoms. The van der Waals surface area contributed by atoms with E-state index in [0.29, 0.717) is 5.41 Å². The number of hydrogen-bond acceptors (Lipinski definition) is 2. The molecule has 2 N–H and O–H groups in total. The molecule has 0 spiro atoms. The van der Waals surface area contributed by atoms with Crippen molar-refractivity contribution in [2.45, 2.75) is 83.8 Å². The van der Waals surface area contributed by atoms with Gasteiger partial charge in [-0.3, -0.25) is 0 Å². The zero-order valence-corrected chi connectivity index (χ0v) is 13.7. The van der Waals surface area contributed by atoms with Crippen LogP contribution in [0.2, 0.25) is 0 Å². The van der Waals surface area contributed by atoms with Crippen molar-refractivity contribution >= 4 is 0 Å². The summed E-state index contributed by atoms with van der Waals surface area (Å²) in [6, 6.07) is 0. The van der Waals surface area contributed by atoms with Gasteiger partial charge in [-0.15, -0.1) is 0 Å². The second-order valence-corrected chi connectivity index (χ2v) is 9.22. The highest BCUT2D eigenvalue weighted by Gasteiger charge is 2.59. The Balaban J connectivity index is 1.62. The van der Waals surface area contributed by atoms with Gasteiger partial charge in [0.2, 0.25) is 0 Å². The third-order valence-corrected chi connectivity index (χ3v) is 8.59. The molecule has 0 radical (unpaired) electrons. The first-order valence-corrected chi connectivity index (χ1v) is 9.31. The van der Waals surface area contributed by atoms with E-state index in [9.17, 15) is 10.2 Å². The minimum absolute atomic E-state index is 0.0400. The van der Waals surface area contributed by atoms with E-state index in [1.54, 1.807) is 0 Å². The third kappa shape index (κ3) is 1.91. The molecule has 4 rings (SSSR count). The Kier molecular flexibility index (Phi) is 3.25. The molecule has 2 heteroatoms. The molecule has 4 aliphatic carbocycles. The maximum Gasteiger partial charge on any atom is 0.0596 e. The summed E-state index contributed by atoms with van der Waals surface area (Å²) in [6.45, 7) is 4.90. The lowest BCUT2D eigenvalue weighted by Crippen LogP contribution is -2.54. The SMILES string of the molecule is C[C@]12CC[C@@H](O)C[C@@H]1CC[C@H]1[C@H]2CC[C@]2(C)[C@H](O)CC[C@@H]12. The molecule has 4 aliphatic rings. The molecule has 8 atom stereocenters. The molecule has 4 fully saturated rings. The highest BCUT2D eigenvalue weighted by Crippen LogP contribution is 2.66. The van der Waals surface area contributed by atoms with E-state index in [1.165, 1.54) is 38.5 Å². The van der Waals surface area contributed by atoms with Crippen molar-refractivity contribution in [2.24, 2.45) is 34.5 Å². The van der Waals surface area contributed by atoms with Crippen molar-refractivity contribution in [2.75, 3.05) is 0 Å². The molecular formula is C19H32O2. The standard InChI is InChI=1S/C19H32O2/c1-18-9-7-13(20)11-12(18)3-4-14-15-5-6-17(21)19(15,2)10-8-16(14)18/h12-17,20-21H,3-11H2,1-2H3/t12-,13+,14+,15-,16+,17+,18-,19-/m0/s1. The smallest absolute Gasteiger partial charge is 0.0596 e. The molecule has 4 saturated carbocycles. The Morgan fingerprint density at radius 3 is 2.29 bits per heavy atom. The lowest BCUT2D eigenvalue weighted by atomic mass is 9.45.